The van der Waals surface area contributed by atoms with Gasteiger partial charge in [0.25, 0.3) is 0 Å². The number of ether oxygens (including phenoxy) is 2. The molecule has 0 radical (unpaired) electrons. The van der Waals surface area contributed by atoms with E-state index in [9.17, 15) is 18.4 Å². The first-order valence-corrected chi connectivity index (χ1v) is 14.8. The van der Waals surface area contributed by atoms with Crippen molar-refractivity contribution in [2.45, 2.75) is 69.2 Å². The van der Waals surface area contributed by atoms with Gasteiger partial charge in [-0.25, -0.2) is 13.6 Å². The van der Waals surface area contributed by atoms with Crippen LogP contribution in [0.15, 0.2) is 53.5 Å². The first kappa shape index (κ1) is 29.8. The van der Waals surface area contributed by atoms with E-state index in [0.29, 0.717) is 32.7 Å². The summed E-state index contributed by atoms with van der Waals surface area (Å²) in [7, 11) is 0. The topological polar surface area (TPSA) is 95.5 Å². The van der Waals surface area contributed by atoms with Crippen molar-refractivity contribution in [3.63, 3.8) is 0 Å². The van der Waals surface area contributed by atoms with E-state index in [-0.39, 0.29) is 42.4 Å². The van der Waals surface area contributed by atoms with Crippen molar-refractivity contribution < 1.29 is 27.8 Å². The van der Waals surface area contributed by atoms with Crippen molar-refractivity contribution in [3.8, 4) is 5.75 Å². The molecule has 42 heavy (non-hydrogen) atoms. The zero-order valence-corrected chi connectivity index (χ0v) is 23.9. The van der Waals surface area contributed by atoms with E-state index in [2.05, 4.69) is 15.5 Å². The molecule has 1 aliphatic carbocycles. The maximum absolute atomic E-state index is 14.2. The molecule has 1 saturated heterocycles. The minimum Gasteiger partial charge on any atom is -0.493 e. The summed E-state index contributed by atoms with van der Waals surface area (Å²) in [6.07, 6.45) is 5.55. The smallest absolute Gasteiger partial charge is 0.407 e. The third kappa shape index (κ3) is 7.00. The molecule has 2 heterocycles. The number of halogens is 2. The molecular weight excluding hydrogens is 544 g/mol. The van der Waals surface area contributed by atoms with Gasteiger partial charge < -0.3 is 29.9 Å². The van der Waals surface area contributed by atoms with E-state index in [4.69, 9.17) is 14.5 Å². The molecule has 2 aromatic carbocycles. The van der Waals surface area contributed by atoms with Crippen molar-refractivity contribution in [3.05, 3.63) is 65.7 Å². The first-order chi connectivity index (χ1) is 20.4. The average molecular weight is 584 g/mol. The number of hydrogen-bond donors (Lipinski definition) is 2. The lowest BCUT2D eigenvalue weighted by molar-refractivity contribution is -0.137. The molecule has 3 unspecified atom stereocenters. The molecule has 226 valence electrons. The summed E-state index contributed by atoms with van der Waals surface area (Å²) in [6, 6.07) is 11.7. The van der Waals surface area contributed by atoms with Gasteiger partial charge in [0, 0.05) is 50.3 Å². The molecule has 2 amide bonds. The number of nitrogens with one attached hydrogen (secondary N) is 2. The summed E-state index contributed by atoms with van der Waals surface area (Å²) < 4.78 is 38.0. The number of benzene rings is 2. The number of alkyl carbamates (subject to hydrolysis) is 1. The Morgan fingerprint density at radius 2 is 1.86 bits per heavy atom. The van der Waals surface area contributed by atoms with Crippen LogP contribution in [0.5, 0.6) is 5.75 Å². The molecule has 0 spiro atoms. The summed E-state index contributed by atoms with van der Waals surface area (Å²) in [5.74, 6) is -1.35. The Balaban J connectivity index is 1.32. The van der Waals surface area contributed by atoms with Crippen LogP contribution >= 0.6 is 0 Å². The summed E-state index contributed by atoms with van der Waals surface area (Å²) >= 11 is 0. The Bertz CT molecular complexity index is 1230. The Labute approximate surface area is 245 Å². The molecule has 9 nitrogen and oxygen atoms in total. The van der Waals surface area contributed by atoms with Crippen LogP contribution in [0.4, 0.5) is 13.6 Å². The third-order valence-corrected chi connectivity index (χ3v) is 8.26. The Kier molecular flexibility index (Phi) is 9.89. The fourth-order valence-electron chi connectivity index (χ4n) is 6.32. The van der Waals surface area contributed by atoms with Gasteiger partial charge in [0.2, 0.25) is 5.91 Å². The molecule has 2 fully saturated rings. The number of aliphatic imine (C=N–C) groups is 1. The van der Waals surface area contributed by atoms with Crippen molar-refractivity contribution in [2.24, 2.45) is 4.99 Å². The molecule has 11 heteroatoms. The van der Waals surface area contributed by atoms with Gasteiger partial charge in [0.05, 0.1) is 37.7 Å². The SMILES string of the molecule is CCOC(=O)N[C@H]1CCCCC1N1C=NC(C(=O)N2CCNC[C@H]2CCOc2cc(F)cc(F)c2)C1c1ccccc1. The normalized spacial score (nSPS) is 25.7. The fraction of sp³-hybridized carbons (Fsp3) is 0.516. The predicted molar refractivity (Wildman–Crippen MR) is 154 cm³/mol. The summed E-state index contributed by atoms with van der Waals surface area (Å²) in [6.45, 7) is 4.03. The quantitative estimate of drug-likeness (QED) is 0.463. The van der Waals surface area contributed by atoms with Crippen molar-refractivity contribution in [1.82, 2.24) is 20.4 Å². The molecule has 2 aromatic rings. The number of carbonyl (C=O) groups excluding carboxylic acids is 2. The molecule has 5 rings (SSSR count). The first-order valence-electron chi connectivity index (χ1n) is 14.8. The van der Waals surface area contributed by atoms with Crippen LogP contribution in [-0.4, -0.2) is 85.2 Å². The van der Waals surface area contributed by atoms with Gasteiger partial charge in [-0.1, -0.05) is 43.2 Å². The van der Waals surface area contributed by atoms with Crippen LogP contribution in [0.3, 0.4) is 0 Å². The second kappa shape index (κ2) is 14.0. The van der Waals surface area contributed by atoms with Gasteiger partial charge in [-0.05, 0) is 25.3 Å². The molecule has 0 bridgehead atoms. The van der Waals surface area contributed by atoms with E-state index < -0.39 is 23.8 Å². The lowest BCUT2D eigenvalue weighted by atomic mass is 9.87. The van der Waals surface area contributed by atoms with Crippen molar-refractivity contribution >= 4 is 18.3 Å². The highest BCUT2D eigenvalue weighted by atomic mass is 19.1. The number of rotatable bonds is 9. The van der Waals surface area contributed by atoms with Gasteiger partial charge in [0.15, 0.2) is 6.04 Å². The lowest BCUT2D eigenvalue weighted by Crippen LogP contribution is -2.58. The van der Waals surface area contributed by atoms with E-state index >= 15 is 0 Å². The lowest BCUT2D eigenvalue weighted by Gasteiger charge is -2.43. The molecule has 2 aliphatic heterocycles. The maximum atomic E-state index is 14.2. The van der Waals surface area contributed by atoms with Gasteiger partial charge >= 0.3 is 6.09 Å². The number of carbonyl (C=O) groups is 2. The standard InChI is InChI=1S/C31H39F2N5O4/c1-2-41-31(40)36-26-10-6-7-11-27(26)38-20-35-28(29(38)21-8-4-3-5-9-21)30(39)37-14-13-34-19-24(37)12-15-42-25-17-22(32)16-23(33)18-25/h3-5,8-9,16-18,20,24,26-29,34H,2,6-7,10-15,19H2,1H3,(H,36,40)/t24-,26+,27?,28?,29?/m1/s1. The van der Waals surface area contributed by atoms with Crippen molar-refractivity contribution in [1.29, 1.82) is 0 Å². The largest absolute Gasteiger partial charge is 0.493 e. The second-order valence-corrected chi connectivity index (χ2v) is 11.0. The monoisotopic (exact) mass is 583 g/mol. The van der Waals surface area contributed by atoms with Gasteiger partial charge in [0.1, 0.15) is 17.4 Å². The third-order valence-electron chi connectivity index (χ3n) is 8.26. The molecule has 1 saturated carbocycles. The van der Waals surface area contributed by atoms with Gasteiger partial charge in [-0.3, -0.25) is 9.79 Å². The van der Waals surface area contributed by atoms with Crippen LogP contribution in [-0.2, 0) is 9.53 Å². The highest BCUT2D eigenvalue weighted by Gasteiger charge is 2.45. The summed E-state index contributed by atoms with van der Waals surface area (Å²) in [5, 5.41) is 6.39. The van der Waals surface area contributed by atoms with Crippen molar-refractivity contribution in [2.75, 3.05) is 32.8 Å². The minimum absolute atomic E-state index is 0.0335. The predicted octanol–water partition coefficient (Wildman–Crippen LogP) is 4.05. The maximum Gasteiger partial charge on any atom is 0.407 e. The number of nitrogens with zero attached hydrogens (tertiary/aromatic N) is 3. The zero-order valence-electron chi connectivity index (χ0n) is 23.9. The van der Waals surface area contributed by atoms with Crippen LogP contribution in [0.1, 0.15) is 50.6 Å². The summed E-state index contributed by atoms with van der Waals surface area (Å²) in [5.41, 5.74) is 0.983. The zero-order chi connectivity index (χ0) is 29.5. The minimum atomic E-state index is -0.700. The molecule has 3 aliphatic rings. The number of hydrogen-bond acceptors (Lipinski definition) is 7. The Hall–Kier alpha value is -3.73. The average Bonchev–Trinajstić information content (AvgIpc) is 3.42. The highest BCUT2D eigenvalue weighted by molar-refractivity contribution is 5.87. The summed E-state index contributed by atoms with van der Waals surface area (Å²) in [4.78, 5) is 35.4. The number of piperazine rings is 1. The van der Waals surface area contributed by atoms with Crippen LogP contribution < -0.4 is 15.4 Å². The van der Waals surface area contributed by atoms with E-state index in [0.717, 1.165) is 49.4 Å². The van der Waals surface area contributed by atoms with Crippen LogP contribution in [0.2, 0.25) is 0 Å². The van der Waals surface area contributed by atoms with Crippen LogP contribution in [0.25, 0.3) is 0 Å². The van der Waals surface area contributed by atoms with E-state index in [1.807, 2.05) is 35.2 Å². The number of amides is 2. The second-order valence-electron chi connectivity index (χ2n) is 11.0. The molecule has 2 N–H and O–H groups in total. The highest BCUT2D eigenvalue weighted by Crippen LogP contribution is 2.37. The van der Waals surface area contributed by atoms with Gasteiger partial charge in [-0.2, -0.15) is 0 Å². The Morgan fingerprint density at radius 3 is 2.62 bits per heavy atom. The molecular formula is C31H39F2N5O4. The van der Waals surface area contributed by atoms with Crippen LogP contribution in [0, 0.1) is 11.6 Å². The molecule has 5 atom stereocenters. The van der Waals surface area contributed by atoms with E-state index in [1.165, 1.54) is 0 Å². The fourth-order valence-corrected chi connectivity index (χ4v) is 6.32. The molecule has 0 aromatic heterocycles. The Morgan fingerprint density at radius 1 is 1.10 bits per heavy atom. The van der Waals surface area contributed by atoms with Gasteiger partial charge in [-0.15, -0.1) is 0 Å². The van der Waals surface area contributed by atoms with E-state index in [1.54, 1.807) is 13.3 Å².